The molecule has 8 nitrogen and oxygen atoms in total. The van der Waals surface area contributed by atoms with Gasteiger partial charge in [0.15, 0.2) is 0 Å². The summed E-state index contributed by atoms with van der Waals surface area (Å²) >= 11 is 0. The Morgan fingerprint density at radius 2 is 1.83 bits per heavy atom. The first kappa shape index (κ1) is 15.9. The Balaban J connectivity index is 2.02. The number of hydrogen-bond acceptors (Lipinski definition) is 5. The summed E-state index contributed by atoms with van der Waals surface area (Å²) in [6, 6.07) is 4.18. The second-order valence-electron chi connectivity index (χ2n) is 5.94. The van der Waals surface area contributed by atoms with Crippen molar-refractivity contribution < 1.29 is 24.0 Å². The van der Waals surface area contributed by atoms with Gasteiger partial charge in [0.2, 0.25) is 5.91 Å². The highest BCUT2D eigenvalue weighted by Crippen LogP contribution is 2.34. The fourth-order valence-corrected chi connectivity index (χ4v) is 2.98. The number of rotatable bonds is 2. The minimum Gasteiger partial charge on any atom is -0.355 e. The Bertz CT molecular complexity index is 816. The van der Waals surface area contributed by atoms with Gasteiger partial charge in [-0.1, -0.05) is 0 Å². The summed E-state index contributed by atoms with van der Waals surface area (Å²) in [4.78, 5) is 61.5. The fourth-order valence-electron chi connectivity index (χ4n) is 2.98. The average molecular weight is 329 g/mol. The molecule has 0 unspecified atom stereocenters. The van der Waals surface area contributed by atoms with Crippen LogP contribution in [0.25, 0.3) is 0 Å². The summed E-state index contributed by atoms with van der Waals surface area (Å²) in [5.41, 5.74) is -0.979. The number of benzene rings is 1. The molecule has 0 saturated carbocycles. The predicted molar refractivity (Wildman–Crippen MR) is 81.1 cm³/mol. The molecule has 1 saturated heterocycles. The zero-order valence-corrected chi connectivity index (χ0v) is 13.1. The first-order chi connectivity index (χ1) is 11.3. The molecule has 0 aromatic heterocycles. The molecule has 2 N–H and O–H groups in total. The van der Waals surface area contributed by atoms with E-state index in [1.165, 1.54) is 32.2 Å². The van der Waals surface area contributed by atoms with Gasteiger partial charge in [-0.05, 0) is 31.5 Å². The first-order valence-electron chi connectivity index (χ1n) is 7.39. The molecule has 2 aliphatic rings. The Kier molecular flexibility index (Phi) is 3.47. The molecule has 0 aliphatic carbocycles. The van der Waals surface area contributed by atoms with Gasteiger partial charge >= 0.3 is 0 Å². The van der Waals surface area contributed by atoms with Crippen molar-refractivity contribution in [2.24, 2.45) is 0 Å². The van der Waals surface area contributed by atoms with E-state index in [2.05, 4.69) is 10.6 Å². The van der Waals surface area contributed by atoms with Crippen molar-refractivity contribution in [3.63, 3.8) is 0 Å². The number of carbonyl (C=O) groups excluding carboxylic acids is 5. The highest BCUT2D eigenvalue weighted by atomic mass is 16.2. The second-order valence-corrected chi connectivity index (χ2v) is 5.94. The molecule has 2 aliphatic heterocycles. The van der Waals surface area contributed by atoms with Crippen molar-refractivity contribution in [1.82, 2.24) is 15.5 Å². The van der Waals surface area contributed by atoms with Crippen molar-refractivity contribution >= 4 is 29.5 Å². The number of fused-ring (bicyclic) bond motifs is 1. The van der Waals surface area contributed by atoms with Gasteiger partial charge in [0.25, 0.3) is 23.6 Å². The van der Waals surface area contributed by atoms with E-state index in [1.807, 2.05) is 0 Å². The maximum Gasteiger partial charge on any atom is 0.262 e. The molecule has 1 aromatic rings. The van der Waals surface area contributed by atoms with Crippen molar-refractivity contribution in [1.29, 1.82) is 0 Å². The monoisotopic (exact) mass is 329 g/mol. The van der Waals surface area contributed by atoms with E-state index in [0.717, 1.165) is 4.90 Å². The standard InChI is InChI=1S/C16H15N3O5/c1-16(6-5-11(20)18-15(16)24)19-13(22)9-4-3-8(12(21)17-2)7-10(9)14(19)23/h3-4,7H,5-6H2,1-2H3,(H,17,21)(H,18,20,24)/t16-/m1/s1. The van der Waals surface area contributed by atoms with E-state index in [-0.39, 0.29) is 35.4 Å². The highest BCUT2D eigenvalue weighted by Gasteiger charge is 2.52. The largest absolute Gasteiger partial charge is 0.355 e. The zero-order valence-electron chi connectivity index (χ0n) is 13.1. The van der Waals surface area contributed by atoms with Crippen LogP contribution in [0.3, 0.4) is 0 Å². The molecular formula is C16H15N3O5. The van der Waals surface area contributed by atoms with E-state index in [4.69, 9.17) is 0 Å². The van der Waals surface area contributed by atoms with Crippen molar-refractivity contribution in [2.45, 2.75) is 25.3 Å². The van der Waals surface area contributed by atoms with Crippen LogP contribution in [0.2, 0.25) is 0 Å². The summed E-state index contributed by atoms with van der Waals surface area (Å²) < 4.78 is 0. The lowest BCUT2D eigenvalue weighted by molar-refractivity contribution is -0.140. The van der Waals surface area contributed by atoms with Gasteiger partial charge in [0.1, 0.15) is 5.54 Å². The van der Waals surface area contributed by atoms with E-state index in [9.17, 15) is 24.0 Å². The van der Waals surface area contributed by atoms with Crippen molar-refractivity contribution in [3.05, 3.63) is 34.9 Å². The minimum atomic E-state index is -1.44. The maximum atomic E-state index is 12.7. The third kappa shape index (κ3) is 2.10. The Hall–Kier alpha value is -3.03. The van der Waals surface area contributed by atoms with Crippen molar-refractivity contribution in [2.75, 3.05) is 7.05 Å². The second kappa shape index (κ2) is 5.26. The number of nitrogens with zero attached hydrogens (tertiary/aromatic N) is 1. The lowest BCUT2D eigenvalue weighted by Gasteiger charge is -2.38. The summed E-state index contributed by atoms with van der Waals surface area (Å²) in [5, 5.41) is 4.61. The molecular weight excluding hydrogens is 314 g/mol. The number of piperidine rings is 1. The van der Waals surface area contributed by atoms with Crippen LogP contribution in [0, 0.1) is 0 Å². The van der Waals surface area contributed by atoms with Crippen LogP contribution in [-0.4, -0.2) is 47.0 Å². The summed E-state index contributed by atoms with van der Waals surface area (Å²) in [5.74, 6) is -2.75. The van der Waals surface area contributed by atoms with Gasteiger partial charge in [0, 0.05) is 19.0 Å². The van der Waals surface area contributed by atoms with Crippen LogP contribution in [0.1, 0.15) is 50.8 Å². The maximum absolute atomic E-state index is 12.7. The van der Waals surface area contributed by atoms with Gasteiger partial charge in [0.05, 0.1) is 11.1 Å². The van der Waals surface area contributed by atoms with Gasteiger partial charge in [-0.25, -0.2) is 0 Å². The van der Waals surface area contributed by atoms with Crippen molar-refractivity contribution in [3.8, 4) is 0 Å². The molecule has 124 valence electrons. The lowest BCUT2D eigenvalue weighted by atomic mass is 9.89. The van der Waals surface area contributed by atoms with Crippen LogP contribution in [0.5, 0.6) is 0 Å². The summed E-state index contributed by atoms with van der Waals surface area (Å²) in [7, 11) is 1.46. The summed E-state index contributed by atoms with van der Waals surface area (Å²) in [6.45, 7) is 1.45. The SMILES string of the molecule is CNC(=O)c1ccc2c(c1)C(=O)N([C@]1(C)CCC(=O)NC1=O)C2=O. The van der Waals surface area contributed by atoms with E-state index < -0.39 is 29.2 Å². The molecule has 0 spiro atoms. The molecule has 0 bridgehead atoms. The quantitative estimate of drug-likeness (QED) is 0.732. The number of imide groups is 2. The summed E-state index contributed by atoms with van der Waals surface area (Å²) in [6.07, 6.45) is 0.102. The molecule has 1 aromatic carbocycles. The Morgan fingerprint density at radius 1 is 1.17 bits per heavy atom. The lowest BCUT2D eigenvalue weighted by Crippen LogP contribution is -2.62. The molecule has 5 amide bonds. The van der Waals surface area contributed by atoms with Gasteiger partial charge < -0.3 is 5.32 Å². The van der Waals surface area contributed by atoms with Gasteiger partial charge in [-0.15, -0.1) is 0 Å². The topological polar surface area (TPSA) is 113 Å². The highest BCUT2D eigenvalue weighted by molar-refractivity contribution is 6.24. The van der Waals surface area contributed by atoms with E-state index in [1.54, 1.807) is 0 Å². The van der Waals surface area contributed by atoms with Crippen LogP contribution in [-0.2, 0) is 9.59 Å². The number of nitrogens with one attached hydrogen (secondary N) is 2. The molecule has 0 radical (unpaired) electrons. The normalized spacial score (nSPS) is 23.2. The zero-order chi connectivity index (χ0) is 17.6. The van der Waals surface area contributed by atoms with Crippen LogP contribution < -0.4 is 10.6 Å². The van der Waals surface area contributed by atoms with E-state index >= 15 is 0 Å². The Morgan fingerprint density at radius 3 is 2.46 bits per heavy atom. The minimum absolute atomic E-state index is 0.0408. The smallest absolute Gasteiger partial charge is 0.262 e. The fraction of sp³-hybridized carbons (Fsp3) is 0.312. The number of amides is 5. The van der Waals surface area contributed by atoms with Gasteiger partial charge in [-0.3, -0.25) is 34.2 Å². The molecule has 1 atom stereocenters. The first-order valence-corrected chi connectivity index (χ1v) is 7.39. The molecule has 1 fully saturated rings. The van der Waals surface area contributed by atoms with E-state index in [0.29, 0.717) is 0 Å². The van der Waals surface area contributed by atoms with Gasteiger partial charge in [-0.2, -0.15) is 0 Å². The number of carbonyl (C=O) groups is 5. The Labute approximate surface area is 137 Å². The molecule has 3 rings (SSSR count). The van der Waals surface area contributed by atoms with Crippen LogP contribution in [0.15, 0.2) is 18.2 Å². The predicted octanol–water partition coefficient (Wildman–Crippen LogP) is -0.162. The molecule has 24 heavy (non-hydrogen) atoms. The van der Waals surface area contributed by atoms with Crippen LogP contribution in [0.4, 0.5) is 0 Å². The molecule has 8 heteroatoms. The number of hydrogen-bond donors (Lipinski definition) is 2. The average Bonchev–Trinajstić information content (AvgIpc) is 2.82. The third-order valence-corrected chi connectivity index (χ3v) is 4.45. The molecule has 2 heterocycles. The third-order valence-electron chi connectivity index (χ3n) is 4.45. The van der Waals surface area contributed by atoms with Crippen LogP contribution >= 0.6 is 0 Å².